The highest BCUT2D eigenvalue weighted by atomic mass is 19.1. The molecule has 2 aliphatic rings. The Labute approximate surface area is 104 Å². The van der Waals surface area contributed by atoms with E-state index in [1.807, 2.05) is 0 Å². The van der Waals surface area contributed by atoms with E-state index in [0.717, 1.165) is 57.3 Å². The highest BCUT2D eigenvalue weighted by Crippen LogP contribution is 2.47. The van der Waals surface area contributed by atoms with E-state index >= 15 is 0 Å². The van der Waals surface area contributed by atoms with Gasteiger partial charge >= 0.3 is 0 Å². The van der Waals surface area contributed by atoms with Crippen LogP contribution in [0.15, 0.2) is 0 Å². The van der Waals surface area contributed by atoms with Gasteiger partial charge in [-0.1, -0.05) is 13.3 Å². The molecule has 0 amide bonds. The minimum Gasteiger partial charge on any atom is -0.244 e. The third-order valence-corrected chi connectivity index (χ3v) is 5.16. The summed E-state index contributed by atoms with van der Waals surface area (Å²) >= 11 is 0. The van der Waals surface area contributed by atoms with Gasteiger partial charge in [-0.2, -0.15) is 5.26 Å². The summed E-state index contributed by atoms with van der Waals surface area (Å²) in [4.78, 5) is 0. The van der Waals surface area contributed by atoms with E-state index in [-0.39, 0.29) is 11.8 Å². The zero-order valence-electron chi connectivity index (χ0n) is 10.9. The minimum absolute atomic E-state index is 0.196. The van der Waals surface area contributed by atoms with E-state index in [1.54, 1.807) is 0 Å². The van der Waals surface area contributed by atoms with Crippen molar-refractivity contribution in [3.8, 4) is 6.07 Å². The van der Waals surface area contributed by atoms with Crippen molar-refractivity contribution >= 4 is 0 Å². The normalized spacial score (nSPS) is 43.0. The molecular weight excluding hydrogens is 213 g/mol. The zero-order chi connectivity index (χ0) is 12.3. The largest absolute Gasteiger partial charge is 0.244 e. The summed E-state index contributed by atoms with van der Waals surface area (Å²) in [6.07, 6.45) is 8.61. The van der Waals surface area contributed by atoms with Gasteiger partial charge < -0.3 is 0 Å². The van der Waals surface area contributed by atoms with Crippen LogP contribution in [0.2, 0.25) is 0 Å². The van der Waals surface area contributed by atoms with Gasteiger partial charge in [0.1, 0.15) is 5.67 Å². The maximum Gasteiger partial charge on any atom is 0.113 e. The third-order valence-electron chi connectivity index (χ3n) is 5.16. The van der Waals surface area contributed by atoms with Gasteiger partial charge in [-0.25, -0.2) is 4.39 Å². The Kier molecular flexibility index (Phi) is 4.07. The number of hydrogen-bond acceptors (Lipinski definition) is 1. The summed E-state index contributed by atoms with van der Waals surface area (Å²) in [6, 6.07) is 2.33. The Hall–Kier alpha value is -0.580. The smallest absolute Gasteiger partial charge is 0.113 e. The second kappa shape index (κ2) is 5.38. The Morgan fingerprint density at radius 1 is 1.12 bits per heavy atom. The van der Waals surface area contributed by atoms with Crippen molar-refractivity contribution < 1.29 is 4.39 Å². The van der Waals surface area contributed by atoms with Crippen LogP contribution < -0.4 is 0 Å². The predicted molar refractivity (Wildman–Crippen MR) is 67.1 cm³/mol. The fraction of sp³-hybridized carbons (Fsp3) is 0.933. The van der Waals surface area contributed by atoms with E-state index in [0.29, 0.717) is 0 Å². The lowest BCUT2D eigenvalue weighted by molar-refractivity contribution is 0.00160. The van der Waals surface area contributed by atoms with Gasteiger partial charge in [0, 0.05) is 5.92 Å². The van der Waals surface area contributed by atoms with Crippen LogP contribution in [-0.4, -0.2) is 5.67 Å². The molecule has 2 aliphatic carbocycles. The van der Waals surface area contributed by atoms with E-state index in [2.05, 4.69) is 13.0 Å². The summed E-state index contributed by atoms with van der Waals surface area (Å²) in [5, 5.41) is 8.87. The van der Waals surface area contributed by atoms with Crippen LogP contribution in [0.25, 0.3) is 0 Å². The molecule has 0 aromatic carbocycles. The first-order chi connectivity index (χ1) is 8.18. The first kappa shape index (κ1) is 12.9. The molecule has 2 rings (SSSR count). The van der Waals surface area contributed by atoms with Crippen LogP contribution in [0.5, 0.6) is 0 Å². The average molecular weight is 237 g/mol. The molecule has 0 aromatic rings. The maximum absolute atomic E-state index is 14.9. The second-order valence-electron chi connectivity index (χ2n) is 6.06. The molecule has 0 heterocycles. The van der Waals surface area contributed by atoms with Crippen molar-refractivity contribution in [2.75, 3.05) is 0 Å². The molecule has 0 bridgehead atoms. The van der Waals surface area contributed by atoms with Crippen LogP contribution in [-0.2, 0) is 0 Å². The van der Waals surface area contributed by atoms with E-state index in [9.17, 15) is 4.39 Å². The number of rotatable bonds is 2. The molecule has 1 nitrogen and oxygen atoms in total. The zero-order valence-corrected chi connectivity index (χ0v) is 10.9. The van der Waals surface area contributed by atoms with Crippen molar-refractivity contribution in [3.05, 3.63) is 0 Å². The molecule has 0 atom stereocenters. The summed E-state index contributed by atoms with van der Waals surface area (Å²) in [5.74, 6) is 1.20. The van der Waals surface area contributed by atoms with Gasteiger partial charge in [0.15, 0.2) is 0 Å². The number of halogens is 1. The fourth-order valence-electron chi connectivity index (χ4n) is 3.71. The second-order valence-corrected chi connectivity index (χ2v) is 6.06. The number of alkyl halides is 1. The van der Waals surface area contributed by atoms with Crippen LogP contribution in [0.1, 0.15) is 64.7 Å². The molecule has 17 heavy (non-hydrogen) atoms. The highest BCUT2D eigenvalue weighted by molar-refractivity contribution is 4.96. The minimum atomic E-state index is -0.897. The molecular formula is C15H24FN. The lowest BCUT2D eigenvalue weighted by Crippen LogP contribution is -2.39. The molecule has 0 aromatic heterocycles. The average Bonchev–Trinajstić information content (AvgIpc) is 2.40. The van der Waals surface area contributed by atoms with Gasteiger partial charge in [-0.15, -0.1) is 0 Å². The SMILES string of the molecule is CCC1CCC(F)([C@H]2CC[C@H](C#N)CC2)CC1. The van der Waals surface area contributed by atoms with E-state index in [1.165, 1.54) is 6.42 Å². The third kappa shape index (κ3) is 2.81. The van der Waals surface area contributed by atoms with Gasteiger partial charge in [0.05, 0.1) is 6.07 Å². The Morgan fingerprint density at radius 2 is 1.71 bits per heavy atom. The monoisotopic (exact) mass is 237 g/mol. The van der Waals surface area contributed by atoms with Gasteiger partial charge in [0.2, 0.25) is 0 Å². The quantitative estimate of drug-likeness (QED) is 0.687. The first-order valence-electron chi connectivity index (χ1n) is 7.26. The van der Waals surface area contributed by atoms with Crippen molar-refractivity contribution in [2.45, 2.75) is 70.4 Å². The topological polar surface area (TPSA) is 23.8 Å². The van der Waals surface area contributed by atoms with Crippen LogP contribution in [0.4, 0.5) is 4.39 Å². The molecule has 0 spiro atoms. The van der Waals surface area contributed by atoms with Crippen LogP contribution >= 0.6 is 0 Å². The molecule has 96 valence electrons. The van der Waals surface area contributed by atoms with Crippen molar-refractivity contribution in [2.24, 2.45) is 17.8 Å². The molecule has 0 aliphatic heterocycles. The summed E-state index contributed by atoms with van der Waals surface area (Å²) < 4.78 is 14.9. The molecule has 0 unspecified atom stereocenters. The van der Waals surface area contributed by atoms with E-state index < -0.39 is 5.67 Å². The van der Waals surface area contributed by atoms with Crippen LogP contribution in [0.3, 0.4) is 0 Å². The summed E-state index contributed by atoms with van der Waals surface area (Å²) in [6.45, 7) is 2.22. The summed E-state index contributed by atoms with van der Waals surface area (Å²) in [7, 11) is 0. The number of hydrogen-bond donors (Lipinski definition) is 0. The fourth-order valence-corrected chi connectivity index (χ4v) is 3.71. The first-order valence-corrected chi connectivity index (χ1v) is 7.26. The molecule has 0 radical (unpaired) electrons. The number of nitriles is 1. The van der Waals surface area contributed by atoms with E-state index in [4.69, 9.17) is 5.26 Å². The predicted octanol–water partition coefficient (Wildman–Crippen LogP) is 4.62. The van der Waals surface area contributed by atoms with Crippen molar-refractivity contribution in [1.82, 2.24) is 0 Å². The lowest BCUT2D eigenvalue weighted by Gasteiger charge is -2.41. The van der Waals surface area contributed by atoms with Gasteiger partial charge in [0.25, 0.3) is 0 Å². The highest BCUT2D eigenvalue weighted by Gasteiger charge is 2.43. The maximum atomic E-state index is 14.9. The standard InChI is InChI=1S/C15H24FN/c1-2-12-7-9-15(16,10-8-12)14-5-3-13(11-17)4-6-14/h12-14H,2-10H2,1H3/t12?,13-,14-,15?. The number of nitrogens with zero attached hydrogens (tertiary/aromatic N) is 1. The molecule has 2 fully saturated rings. The summed E-state index contributed by atoms with van der Waals surface area (Å²) in [5.41, 5.74) is -0.897. The van der Waals surface area contributed by atoms with Gasteiger partial charge in [-0.3, -0.25) is 0 Å². The van der Waals surface area contributed by atoms with Crippen molar-refractivity contribution in [1.29, 1.82) is 5.26 Å². The Morgan fingerprint density at radius 3 is 2.18 bits per heavy atom. The van der Waals surface area contributed by atoms with Crippen LogP contribution in [0, 0.1) is 29.1 Å². The Balaban J connectivity index is 1.88. The molecule has 0 saturated heterocycles. The molecule has 2 heteroatoms. The van der Waals surface area contributed by atoms with Crippen molar-refractivity contribution in [3.63, 3.8) is 0 Å². The lowest BCUT2D eigenvalue weighted by atomic mass is 9.67. The molecule has 2 saturated carbocycles. The Bertz CT molecular complexity index is 278. The molecule has 0 N–H and O–H groups in total. The van der Waals surface area contributed by atoms with Gasteiger partial charge in [-0.05, 0) is 63.2 Å².